The lowest BCUT2D eigenvalue weighted by atomic mass is 9.93. The monoisotopic (exact) mass is 425 g/mol. The molecule has 9 nitrogen and oxygen atoms in total. The number of hydrogen-bond donors (Lipinski definition) is 2. The molecule has 2 N–H and O–H groups in total. The highest BCUT2D eigenvalue weighted by atomic mass is 19.1. The Kier molecular flexibility index (Phi) is 4.57. The van der Waals surface area contributed by atoms with E-state index in [0.717, 1.165) is 29.5 Å². The fourth-order valence-corrected chi connectivity index (χ4v) is 4.65. The van der Waals surface area contributed by atoms with E-state index in [0.29, 0.717) is 19.0 Å². The molecule has 4 amide bonds. The summed E-state index contributed by atoms with van der Waals surface area (Å²) in [6, 6.07) is 3.36. The number of H-pyrrole nitrogens is 1. The number of halogens is 1. The summed E-state index contributed by atoms with van der Waals surface area (Å²) in [5.74, 6) is -2.74. The van der Waals surface area contributed by atoms with Crippen LogP contribution in [0.1, 0.15) is 58.0 Å². The summed E-state index contributed by atoms with van der Waals surface area (Å²) >= 11 is 0. The Hall–Kier alpha value is -3.56. The van der Waals surface area contributed by atoms with Crippen molar-refractivity contribution in [2.45, 2.75) is 37.6 Å². The lowest BCUT2D eigenvalue weighted by Gasteiger charge is -2.33. The average molecular weight is 425 g/mol. The minimum Gasteiger partial charge on any atom is -0.369 e. The van der Waals surface area contributed by atoms with Crippen molar-refractivity contribution in [3.63, 3.8) is 0 Å². The summed E-state index contributed by atoms with van der Waals surface area (Å²) in [6.45, 7) is 1.19. The second-order valence-corrected chi connectivity index (χ2v) is 8.07. The maximum atomic E-state index is 14.9. The number of imide groups is 2. The Labute approximate surface area is 176 Å². The van der Waals surface area contributed by atoms with Gasteiger partial charge in [-0.05, 0) is 37.5 Å². The first-order valence-corrected chi connectivity index (χ1v) is 10.2. The van der Waals surface area contributed by atoms with Crippen LogP contribution < -0.4 is 10.2 Å². The molecule has 1 aromatic heterocycles. The van der Waals surface area contributed by atoms with Crippen LogP contribution in [0.25, 0.3) is 0 Å². The lowest BCUT2D eigenvalue weighted by molar-refractivity contribution is -0.136. The zero-order chi connectivity index (χ0) is 21.7. The van der Waals surface area contributed by atoms with Crippen LogP contribution in [0.3, 0.4) is 0 Å². The van der Waals surface area contributed by atoms with Crippen molar-refractivity contribution in [3.05, 3.63) is 47.0 Å². The van der Waals surface area contributed by atoms with Gasteiger partial charge in [0.25, 0.3) is 11.8 Å². The molecule has 3 aliphatic heterocycles. The molecule has 0 saturated carbocycles. The van der Waals surface area contributed by atoms with Crippen LogP contribution in [0.4, 0.5) is 10.1 Å². The van der Waals surface area contributed by atoms with E-state index >= 15 is 0 Å². The second-order valence-electron chi connectivity index (χ2n) is 8.07. The summed E-state index contributed by atoms with van der Waals surface area (Å²) in [6.07, 6.45) is 3.40. The molecule has 1 aromatic carbocycles. The van der Waals surface area contributed by atoms with Crippen molar-refractivity contribution < 1.29 is 23.6 Å². The van der Waals surface area contributed by atoms with Gasteiger partial charge in [0, 0.05) is 37.3 Å². The highest BCUT2D eigenvalue weighted by molar-refractivity contribution is 6.23. The Bertz CT molecular complexity index is 1090. The van der Waals surface area contributed by atoms with E-state index in [1.54, 1.807) is 6.20 Å². The predicted molar refractivity (Wildman–Crippen MR) is 106 cm³/mol. The van der Waals surface area contributed by atoms with Crippen LogP contribution in [0.15, 0.2) is 24.4 Å². The van der Waals surface area contributed by atoms with Crippen LogP contribution >= 0.6 is 0 Å². The molecular weight excluding hydrogens is 405 g/mol. The van der Waals surface area contributed by atoms with Crippen LogP contribution in [-0.4, -0.2) is 57.9 Å². The number of nitrogens with zero attached hydrogens (tertiary/aromatic N) is 3. The minimum absolute atomic E-state index is 0.0364. The molecule has 160 valence electrons. The number of anilines is 1. The van der Waals surface area contributed by atoms with E-state index < -0.39 is 35.5 Å². The number of hydrogen-bond acceptors (Lipinski definition) is 6. The van der Waals surface area contributed by atoms with Crippen molar-refractivity contribution in [3.8, 4) is 0 Å². The normalized spacial score (nSPS) is 22.2. The molecule has 0 spiro atoms. The number of benzene rings is 1. The van der Waals surface area contributed by atoms with Gasteiger partial charge in [-0.1, -0.05) is 0 Å². The molecule has 5 rings (SSSR count). The second kappa shape index (κ2) is 7.29. The van der Waals surface area contributed by atoms with E-state index in [9.17, 15) is 23.6 Å². The van der Waals surface area contributed by atoms with Gasteiger partial charge in [-0.25, -0.2) is 4.39 Å². The van der Waals surface area contributed by atoms with Crippen LogP contribution in [0.2, 0.25) is 0 Å². The minimum atomic E-state index is -1.07. The summed E-state index contributed by atoms with van der Waals surface area (Å²) in [7, 11) is 0. The fourth-order valence-electron chi connectivity index (χ4n) is 4.65. The maximum absolute atomic E-state index is 14.9. The molecule has 0 aliphatic carbocycles. The van der Waals surface area contributed by atoms with E-state index in [1.807, 2.05) is 11.0 Å². The lowest BCUT2D eigenvalue weighted by Crippen LogP contribution is -2.54. The van der Waals surface area contributed by atoms with Crippen molar-refractivity contribution in [1.82, 2.24) is 20.4 Å². The number of fused-ring (bicyclic) bond motifs is 1. The van der Waals surface area contributed by atoms with Gasteiger partial charge in [-0.15, -0.1) is 0 Å². The zero-order valence-corrected chi connectivity index (χ0v) is 16.6. The first-order valence-electron chi connectivity index (χ1n) is 10.2. The van der Waals surface area contributed by atoms with Crippen molar-refractivity contribution >= 4 is 29.3 Å². The largest absolute Gasteiger partial charge is 0.369 e. The highest BCUT2D eigenvalue weighted by Gasteiger charge is 2.45. The standard InChI is InChI=1S/C21H20FN5O4/c22-14-9-12-13(21(31)27(20(12)30)16-1-2-18(28)24-19(16)29)10-17(14)26-7-4-11(5-8-26)15-3-6-23-25-15/h3,6,9-11,16H,1-2,4-5,7-8H2,(H,23,25)(H,24,28,29). The summed E-state index contributed by atoms with van der Waals surface area (Å²) in [5, 5.41) is 9.11. The number of carbonyl (C=O) groups is 4. The van der Waals surface area contributed by atoms with E-state index in [1.165, 1.54) is 6.07 Å². The van der Waals surface area contributed by atoms with Gasteiger partial charge >= 0.3 is 0 Å². The Balaban J connectivity index is 1.38. The zero-order valence-electron chi connectivity index (χ0n) is 16.6. The predicted octanol–water partition coefficient (Wildman–Crippen LogP) is 1.33. The highest BCUT2D eigenvalue weighted by Crippen LogP contribution is 2.35. The third-order valence-electron chi connectivity index (χ3n) is 6.30. The molecule has 0 radical (unpaired) electrons. The first kappa shape index (κ1) is 19.4. The molecule has 4 heterocycles. The Morgan fingerprint density at radius 1 is 1.00 bits per heavy atom. The molecule has 0 bridgehead atoms. The molecule has 3 aliphatic rings. The average Bonchev–Trinajstić information content (AvgIpc) is 3.37. The van der Waals surface area contributed by atoms with Crippen LogP contribution in [-0.2, 0) is 9.59 Å². The molecule has 1 unspecified atom stereocenters. The summed E-state index contributed by atoms with van der Waals surface area (Å²) in [5.41, 5.74) is 1.35. The van der Waals surface area contributed by atoms with Gasteiger partial charge in [0.2, 0.25) is 11.8 Å². The Morgan fingerprint density at radius 3 is 2.35 bits per heavy atom. The fraction of sp³-hybridized carbons (Fsp3) is 0.381. The molecule has 2 aromatic rings. The number of aromatic amines is 1. The number of piperidine rings is 2. The number of rotatable bonds is 3. The molecule has 2 saturated heterocycles. The molecule has 1 atom stereocenters. The van der Waals surface area contributed by atoms with Gasteiger partial charge in [-0.3, -0.25) is 34.5 Å². The maximum Gasteiger partial charge on any atom is 0.262 e. The van der Waals surface area contributed by atoms with E-state index in [-0.39, 0.29) is 29.7 Å². The van der Waals surface area contributed by atoms with Crippen molar-refractivity contribution in [2.24, 2.45) is 0 Å². The van der Waals surface area contributed by atoms with Crippen LogP contribution in [0, 0.1) is 5.82 Å². The van der Waals surface area contributed by atoms with Gasteiger partial charge in [0.15, 0.2) is 0 Å². The Morgan fingerprint density at radius 2 is 1.71 bits per heavy atom. The van der Waals surface area contributed by atoms with Crippen molar-refractivity contribution in [1.29, 1.82) is 0 Å². The number of carbonyl (C=O) groups excluding carboxylic acids is 4. The third kappa shape index (κ3) is 3.18. The van der Waals surface area contributed by atoms with Gasteiger partial charge in [0.05, 0.1) is 16.8 Å². The van der Waals surface area contributed by atoms with Gasteiger partial charge in [-0.2, -0.15) is 5.10 Å². The SMILES string of the molecule is O=C1CCC(N2C(=O)c3cc(F)c(N4CCC(c5ccn[nH]5)CC4)cc3C2=O)C(=O)N1. The topological polar surface area (TPSA) is 115 Å². The van der Waals surface area contributed by atoms with Crippen molar-refractivity contribution in [2.75, 3.05) is 18.0 Å². The first-order chi connectivity index (χ1) is 14.9. The molecule has 31 heavy (non-hydrogen) atoms. The number of aromatic nitrogens is 2. The third-order valence-corrected chi connectivity index (χ3v) is 6.30. The molecule has 10 heteroatoms. The summed E-state index contributed by atoms with van der Waals surface area (Å²) < 4.78 is 14.9. The smallest absolute Gasteiger partial charge is 0.262 e. The molecule has 2 fully saturated rings. The van der Waals surface area contributed by atoms with E-state index in [4.69, 9.17) is 0 Å². The summed E-state index contributed by atoms with van der Waals surface area (Å²) in [4.78, 5) is 52.1. The molecular formula is C21H20FN5O4. The number of amides is 4. The van der Waals surface area contributed by atoms with Gasteiger partial charge < -0.3 is 4.90 Å². The van der Waals surface area contributed by atoms with E-state index in [2.05, 4.69) is 15.5 Å². The van der Waals surface area contributed by atoms with Gasteiger partial charge in [0.1, 0.15) is 11.9 Å². The van der Waals surface area contributed by atoms with Crippen LogP contribution in [0.5, 0.6) is 0 Å². The quantitative estimate of drug-likeness (QED) is 0.717. The number of nitrogens with one attached hydrogen (secondary N) is 2.